The summed E-state index contributed by atoms with van der Waals surface area (Å²) in [6.45, 7) is 8.50. The summed E-state index contributed by atoms with van der Waals surface area (Å²) in [5, 5.41) is 11.1. The van der Waals surface area contributed by atoms with Crippen LogP contribution < -0.4 is 4.90 Å². The van der Waals surface area contributed by atoms with Crippen molar-refractivity contribution in [2.24, 2.45) is 11.8 Å². The van der Waals surface area contributed by atoms with Crippen molar-refractivity contribution in [3.8, 4) is 0 Å². The van der Waals surface area contributed by atoms with Gasteiger partial charge in [-0.05, 0) is 44.4 Å². The zero-order valence-electron chi connectivity index (χ0n) is 21.3. The Morgan fingerprint density at radius 3 is 2.53 bits per heavy atom. The minimum absolute atomic E-state index is 0.0392. The summed E-state index contributed by atoms with van der Waals surface area (Å²) in [4.78, 5) is 33.2. The maximum Gasteiger partial charge on any atom is 0.228 e. The van der Waals surface area contributed by atoms with Gasteiger partial charge in [0, 0.05) is 63.0 Å². The topological polar surface area (TPSA) is 67.3 Å². The average molecular weight is 497 g/mol. The van der Waals surface area contributed by atoms with E-state index in [2.05, 4.69) is 41.8 Å². The third-order valence-corrected chi connectivity index (χ3v) is 8.11. The number of rotatable bonds is 5. The van der Waals surface area contributed by atoms with Crippen LogP contribution in [0.25, 0.3) is 0 Å². The number of aliphatic hydroxyl groups excluding tert-OH is 1. The number of benzene rings is 1. The average Bonchev–Trinajstić information content (AvgIpc) is 3.49. The highest BCUT2D eigenvalue weighted by Crippen LogP contribution is 2.31. The van der Waals surface area contributed by atoms with Crippen LogP contribution in [0.5, 0.6) is 0 Å². The maximum absolute atomic E-state index is 13.5. The second-order valence-electron chi connectivity index (χ2n) is 10.7. The molecule has 0 bridgehead atoms. The number of alkyl halides is 1. The summed E-state index contributed by atoms with van der Waals surface area (Å²) in [6, 6.07) is 6.55. The Bertz CT molecular complexity index is 1060. The predicted molar refractivity (Wildman–Crippen MR) is 137 cm³/mol. The van der Waals surface area contributed by atoms with Gasteiger partial charge in [-0.2, -0.15) is 0 Å². The van der Waals surface area contributed by atoms with Crippen LogP contribution in [-0.2, 0) is 9.59 Å². The lowest BCUT2D eigenvalue weighted by Gasteiger charge is -2.41. The molecule has 1 aliphatic carbocycles. The van der Waals surface area contributed by atoms with Gasteiger partial charge in [-0.1, -0.05) is 29.8 Å². The first kappa shape index (κ1) is 25.0. The highest BCUT2D eigenvalue weighted by molar-refractivity contribution is 5.90. The molecule has 0 radical (unpaired) electrons. The first-order valence-corrected chi connectivity index (χ1v) is 13.2. The predicted octanol–water partition coefficient (Wildman–Crippen LogP) is 2.62. The molecule has 0 aromatic heterocycles. The van der Waals surface area contributed by atoms with Crippen LogP contribution >= 0.6 is 0 Å². The van der Waals surface area contributed by atoms with Crippen LogP contribution in [0.15, 0.2) is 42.1 Å². The van der Waals surface area contributed by atoms with E-state index in [9.17, 15) is 19.1 Å². The summed E-state index contributed by atoms with van der Waals surface area (Å²) in [6.07, 6.45) is 5.56. The van der Waals surface area contributed by atoms with Crippen LogP contribution in [0.2, 0.25) is 0 Å². The number of allylic oxidation sites excluding steroid dienone is 2. The van der Waals surface area contributed by atoms with Crippen LogP contribution in [0.3, 0.4) is 0 Å². The molecule has 3 heterocycles. The van der Waals surface area contributed by atoms with Crippen molar-refractivity contribution in [3.05, 3.63) is 53.3 Å². The molecule has 1 aromatic rings. The standard InChI is InChI=1S/C28H37FN4O3/c1-19-3-8-25(20(2)15-19)30-11-13-31(14-12-30)27(35)21-4-6-24(7-5-21)33-17-22(16-26(33)34)28(36)32-10-9-23(29)18-32/h3-4,6-8,15,21-23,27,35H,5,9-14,16-18H2,1-2H3/t21?,22?,23-,27?/m0/s1. The minimum atomic E-state index is -0.954. The first-order chi connectivity index (χ1) is 17.3. The Morgan fingerprint density at radius 1 is 1.11 bits per heavy atom. The minimum Gasteiger partial charge on any atom is -0.378 e. The fraction of sp³-hybridized carbons (Fsp3) is 0.571. The van der Waals surface area contributed by atoms with E-state index >= 15 is 0 Å². The van der Waals surface area contributed by atoms with E-state index in [-0.39, 0.29) is 30.7 Å². The van der Waals surface area contributed by atoms with Gasteiger partial charge >= 0.3 is 0 Å². The van der Waals surface area contributed by atoms with E-state index in [0.717, 1.165) is 31.9 Å². The molecule has 4 aliphatic rings. The van der Waals surface area contributed by atoms with Gasteiger partial charge in [0.1, 0.15) is 12.4 Å². The van der Waals surface area contributed by atoms with E-state index in [1.165, 1.54) is 16.8 Å². The van der Waals surface area contributed by atoms with E-state index in [1.54, 1.807) is 9.80 Å². The lowest BCUT2D eigenvalue weighted by atomic mass is 9.96. The van der Waals surface area contributed by atoms with Crippen molar-refractivity contribution in [2.45, 2.75) is 45.5 Å². The molecule has 3 saturated heterocycles. The van der Waals surface area contributed by atoms with Crippen molar-refractivity contribution in [1.29, 1.82) is 0 Å². The number of likely N-dealkylation sites (tertiary alicyclic amines) is 2. The quantitative estimate of drug-likeness (QED) is 0.679. The highest BCUT2D eigenvalue weighted by atomic mass is 19.1. The Kier molecular flexibility index (Phi) is 7.17. The van der Waals surface area contributed by atoms with Crippen molar-refractivity contribution < 1.29 is 19.1 Å². The van der Waals surface area contributed by atoms with Gasteiger partial charge in [-0.3, -0.25) is 14.5 Å². The molecule has 3 aliphatic heterocycles. The molecule has 5 rings (SSSR count). The van der Waals surface area contributed by atoms with Gasteiger partial charge in [-0.25, -0.2) is 4.39 Å². The third kappa shape index (κ3) is 5.06. The molecule has 36 heavy (non-hydrogen) atoms. The monoisotopic (exact) mass is 496 g/mol. The molecule has 0 saturated carbocycles. The van der Waals surface area contributed by atoms with E-state index in [1.807, 2.05) is 18.2 Å². The Balaban J connectivity index is 1.13. The molecular formula is C28H37FN4O3. The molecule has 7 nitrogen and oxygen atoms in total. The number of carbonyl (C=O) groups is 2. The molecule has 1 aromatic carbocycles. The van der Waals surface area contributed by atoms with Crippen molar-refractivity contribution >= 4 is 17.5 Å². The van der Waals surface area contributed by atoms with Crippen molar-refractivity contribution in [1.82, 2.24) is 14.7 Å². The molecule has 4 atom stereocenters. The fourth-order valence-electron chi connectivity index (χ4n) is 6.00. The molecule has 2 amide bonds. The van der Waals surface area contributed by atoms with Crippen LogP contribution in [0.4, 0.5) is 10.1 Å². The summed E-state index contributed by atoms with van der Waals surface area (Å²) in [7, 11) is 0. The molecule has 194 valence electrons. The molecule has 8 heteroatoms. The Hall–Kier alpha value is -2.71. The van der Waals surface area contributed by atoms with Gasteiger partial charge in [0.25, 0.3) is 0 Å². The summed E-state index contributed by atoms with van der Waals surface area (Å²) in [5.41, 5.74) is 4.61. The molecular weight excluding hydrogens is 459 g/mol. The lowest BCUT2D eigenvalue weighted by Crippen LogP contribution is -2.52. The molecule has 0 spiro atoms. The van der Waals surface area contributed by atoms with Gasteiger partial charge in [0.15, 0.2) is 0 Å². The third-order valence-electron chi connectivity index (χ3n) is 8.11. The number of hydrogen-bond donors (Lipinski definition) is 1. The van der Waals surface area contributed by atoms with E-state index in [4.69, 9.17) is 0 Å². The number of amides is 2. The fourth-order valence-corrected chi connectivity index (χ4v) is 6.00. The molecule has 1 N–H and O–H groups in total. The summed E-state index contributed by atoms with van der Waals surface area (Å²) >= 11 is 0. The summed E-state index contributed by atoms with van der Waals surface area (Å²) in [5.74, 6) is -0.627. The lowest BCUT2D eigenvalue weighted by molar-refractivity contribution is -0.135. The van der Waals surface area contributed by atoms with E-state index < -0.39 is 18.3 Å². The number of halogens is 1. The number of hydrogen-bond acceptors (Lipinski definition) is 5. The number of aryl methyl sites for hydroxylation is 2. The van der Waals surface area contributed by atoms with Crippen LogP contribution in [0.1, 0.15) is 30.4 Å². The van der Waals surface area contributed by atoms with Gasteiger partial charge in [-0.15, -0.1) is 0 Å². The second kappa shape index (κ2) is 10.3. The molecule has 3 fully saturated rings. The zero-order chi connectivity index (χ0) is 25.4. The Labute approximate surface area is 212 Å². The van der Waals surface area contributed by atoms with Gasteiger partial charge in [0.05, 0.1) is 12.5 Å². The number of nitrogens with zero attached hydrogens (tertiary/aromatic N) is 4. The summed E-state index contributed by atoms with van der Waals surface area (Å²) < 4.78 is 13.5. The second-order valence-corrected chi connectivity index (χ2v) is 10.7. The zero-order valence-corrected chi connectivity index (χ0v) is 21.3. The number of anilines is 1. The van der Waals surface area contributed by atoms with Crippen molar-refractivity contribution in [3.63, 3.8) is 0 Å². The highest BCUT2D eigenvalue weighted by Gasteiger charge is 2.40. The van der Waals surface area contributed by atoms with Gasteiger partial charge < -0.3 is 19.8 Å². The number of carbonyl (C=O) groups excluding carboxylic acids is 2. The van der Waals surface area contributed by atoms with Crippen LogP contribution in [0, 0.1) is 25.7 Å². The smallest absolute Gasteiger partial charge is 0.228 e. The number of aliphatic hydroxyl groups is 1. The SMILES string of the molecule is Cc1ccc(N2CCN(C(O)C3C=CC(N4CC(C(=O)N5CC[C@H](F)C5)CC4=O)=CC3)CC2)c(C)c1. The number of piperazine rings is 1. The van der Waals surface area contributed by atoms with Crippen molar-refractivity contribution in [2.75, 3.05) is 50.7 Å². The Morgan fingerprint density at radius 2 is 1.89 bits per heavy atom. The van der Waals surface area contributed by atoms with E-state index in [0.29, 0.717) is 25.9 Å². The first-order valence-electron chi connectivity index (χ1n) is 13.2. The van der Waals surface area contributed by atoms with Gasteiger partial charge in [0.2, 0.25) is 11.8 Å². The molecule has 3 unspecified atom stereocenters. The normalized spacial score (nSPS) is 28.1. The maximum atomic E-state index is 13.5. The largest absolute Gasteiger partial charge is 0.378 e. The van der Waals surface area contributed by atoms with Crippen LogP contribution in [-0.4, -0.2) is 89.8 Å².